The van der Waals surface area contributed by atoms with Crippen LogP contribution in [-0.2, 0) is 9.47 Å². The summed E-state index contributed by atoms with van der Waals surface area (Å²) in [6.07, 6.45) is 2.70. The minimum absolute atomic E-state index is 0.449. The third-order valence-electron chi connectivity index (χ3n) is 2.02. The van der Waals surface area contributed by atoms with E-state index in [4.69, 9.17) is 4.74 Å². The molecule has 1 saturated heterocycles. The lowest BCUT2D eigenvalue weighted by Crippen LogP contribution is -2.23. The highest BCUT2D eigenvalue weighted by molar-refractivity contribution is 5.59. The van der Waals surface area contributed by atoms with Crippen molar-refractivity contribution < 1.29 is 14.3 Å². The van der Waals surface area contributed by atoms with Crippen molar-refractivity contribution in [1.29, 1.82) is 0 Å². The molecule has 1 aliphatic rings. The van der Waals surface area contributed by atoms with Crippen LogP contribution in [0.4, 0.5) is 4.79 Å². The second kappa shape index (κ2) is 4.98. The number of hydrogen-bond donors (Lipinski definition) is 1. The number of carbonyl (C=O) groups is 1. The van der Waals surface area contributed by atoms with E-state index < -0.39 is 6.16 Å². The zero-order valence-electron chi connectivity index (χ0n) is 7.34. The van der Waals surface area contributed by atoms with Crippen LogP contribution >= 0.6 is 0 Å². The molecule has 0 aliphatic carbocycles. The molecule has 1 rings (SSSR count). The van der Waals surface area contributed by atoms with Gasteiger partial charge in [0.15, 0.2) is 0 Å². The largest absolute Gasteiger partial charge is 0.507 e. The van der Waals surface area contributed by atoms with Gasteiger partial charge in [0.25, 0.3) is 0 Å². The van der Waals surface area contributed by atoms with E-state index >= 15 is 0 Å². The summed E-state index contributed by atoms with van der Waals surface area (Å²) in [6, 6.07) is 0.523. The second-order valence-corrected chi connectivity index (χ2v) is 2.88. The summed E-state index contributed by atoms with van der Waals surface area (Å²) in [4.78, 5) is 10.5. The summed E-state index contributed by atoms with van der Waals surface area (Å²) < 4.78 is 9.09. The van der Waals surface area contributed by atoms with Crippen molar-refractivity contribution in [2.45, 2.75) is 25.3 Å². The minimum Gasteiger partial charge on any atom is -0.438 e. The standard InChI is InChI=1S/C8H15NO3/c1-11-8(10)12-6-4-7-3-2-5-9-7/h7,9H,2-6H2,1H3/t7-/m0/s1. The Hall–Kier alpha value is -0.770. The Bertz CT molecular complexity index is 143. The first-order chi connectivity index (χ1) is 5.83. The molecule has 1 N–H and O–H groups in total. The Kier molecular flexibility index (Phi) is 3.87. The quantitative estimate of drug-likeness (QED) is 0.644. The van der Waals surface area contributed by atoms with Gasteiger partial charge < -0.3 is 14.8 Å². The second-order valence-electron chi connectivity index (χ2n) is 2.88. The molecule has 0 unspecified atom stereocenters. The maximum Gasteiger partial charge on any atom is 0.507 e. The van der Waals surface area contributed by atoms with Crippen LogP contribution in [0.25, 0.3) is 0 Å². The Morgan fingerprint density at radius 3 is 3.08 bits per heavy atom. The van der Waals surface area contributed by atoms with Gasteiger partial charge in [-0.25, -0.2) is 4.79 Å². The van der Waals surface area contributed by atoms with Crippen LogP contribution in [0.15, 0.2) is 0 Å². The first-order valence-corrected chi connectivity index (χ1v) is 4.27. The molecule has 1 fully saturated rings. The Morgan fingerprint density at radius 2 is 2.50 bits per heavy atom. The summed E-state index contributed by atoms with van der Waals surface area (Å²) in [5.41, 5.74) is 0. The number of methoxy groups -OCH3 is 1. The molecule has 0 radical (unpaired) electrons. The van der Waals surface area contributed by atoms with Gasteiger partial charge in [0.05, 0.1) is 13.7 Å². The van der Waals surface area contributed by atoms with Crippen LogP contribution in [0.3, 0.4) is 0 Å². The maximum atomic E-state index is 10.5. The van der Waals surface area contributed by atoms with Gasteiger partial charge in [-0.3, -0.25) is 0 Å². The van der Waals surface area contributed by atoms with Crippen molar-refractivity contribution in [3.63, 3.8) is 0 Å². The average molecular weight is 173 g/mol. The van der Waals surface area contributed by atoms with Crippen molar-refractivity contribution in [1.82, 2.24) is 5.32 Å². The van der Waals surface area contributed by atoms with E-state index in [-0.39, 0.29) is 0 Å². The molecule has 0 aromatic heterocycles. The predicted molar refractivity (Wildman–Crippen MR) is 44.0 cm³/mol. The van der Waals surface area contributed by atoms with Crippen LogP contribution in [-0.4, -0.2) is 32.5 Å². The van der Waals surface area contributed by atoms with Gasteiger partial charge in [-0.1, -0.05) is 0 Å². The van der Waals surface area contributed by atoms with E-state index in [1.807, 2.05) is 0 Å². The molecule has 1 aliphatic heterocycles. The normalized spacial score (nSPS) is 22.2. The highest BCUT2D eigenvalue weighted by atomic mass is 16.7. The summed E-state index contributed by atoms with van der Waals surface area (Å²) in [5, 5.41) is 3.32. The zero-order valence-corrected chi connectivity index (χ0v) is 7.34. The fraction of sp³-hybridized carbons (Fsp3) is 0.875. The molecule has 0 amide bonds. The minimum atomic E-state index is -0.590. The van der Waals surface area contributed by atoms with Crippen molar-refractivity contribution in [3.8, 4) is 0 Å². The zero-order chi connectivity index (χ0) is 8.81. The molecule has 70 valence electrons. The van der Waals surface area contributed by atoms with Gasteiger partial charge in [0, 0.05) is 6.04 Å². The lowest BCUT2D eigenvalue weighted by atomic mass is 10.2. The number of ether oxygens (including phenoxy) is 2. The Morgan fingerprint density at radius 1 is 1.67 bits per heavy atom. The van der Waals surface area contributed by atoms with Gasteiger partial charge in [-0.2, -0.15) is 0 Å². The molecule has 0 bridgehead atoms. The highest BCUT2D eigenvalue weighted by Gasteiger charge is 2.14. The van der Waals surface area contributed by atoms with Crippen molar-refractivity contribution >= 4 is 6.16 Å². The smallest absolute Gasteiger partial charge is 0.438 e. The van der Waals surface area contributed by atoms with Gasteiger partial charge in [0.1, 0.15) is 0 Å². The molecule has 1 atom stereocenters. The molecule has 12 heavy (non-hydrogen) atoms. The third kappa shape index (κ3) is 3.09. The van der Waals surface area contributed by atoms with E-state index in [0.717, 1.165) is 13.0 Å². The molecule has 0 aromatic rings. The van der Waals surface area contributed by atoms with Crippen molar-refractivity contribution in [2.24, 2.45) is 0 Å². The average Bonchev–Trinajstić information content (AvgIpc) is 2.57. The Balaban J connectivity index is 1.97. The van der Waals surface area contributed by atoms with E-state index in [1.54, 1.807) is 0 Å². The van der Waals surface area contributed by atoms with Crippen LogP contribution in [0.1, 0.15) is 19.3 Å². The van der Waals surface area contributed by atoms with Gasteiger partial charge in [0.2, 0.25) is 0 Å². The summed E-state index contributed by atoms with van der Waals surface area (Å²) in [5.74, 6) is 0. The van der Waals surface area contributed by atoms with Crippen LogP contribution in [0.2, 0.25) is 0 Å². The van der Waals surface area contributed by atoms with Gasteiger partial charge in [-0.05, 0) is 25.8 Å². The fourth-order valence-corrected chi connectivity index (χ4v) is 1.35. The molecule has 0 aromatic carbocycles. The van der Waals surface area contributed by atoms with E-state index in [9.17, 15) is 4.79 Å². The molecule has 0 saturated carbocycles. The van der Waals surface area contributed by atoms with Gasteiger partial charge in [-0.15, -0.1) is 0 Å². The SMILES string of the molecule is COC(=O)OCC[C@@H]1CCCN1. The Labute approximate surface area is 72.2 Å². The molecule has 4 nitrogen and oxygen atoms in total. The molecule has 1 heterocycles. The van der Waals surface area contributed by atoms with Crippen LogP contribution < -0.4 is 5.32 Å². The van der Waals surface area contributed by atoms with Crippen LogP contribution in [0, 0.1) is 0 Å². The molecular weight excluding hydrogens is 158 g/mol. The number of nitrogens with one attached hydrogen (secondary N) is 1. The van der Waals surface area contributed by atoms with Gasteiger partial charge >= 0.3 is 6.16 Å². The van der Waals surface area contributed by atoms with E-state index in [1.165, 1.54) is 20.0 Å². The maximum absolute atomic E-state index is 10.5. The summed E-state index contributed by atoms with van der Waals surface area (Å²) in [6.45, 7) is 1.53. The third-order valence-corrected chi connectivity index (χ3v) is 2.02. The highest BCUT2D eigenvalue weighted by Crippen LogP contribution is 2.08. The number of carbonyl (C=O) groups excluding carboxylic acids is 1. The van der Waals surface area contributed by atoms with Crippen molar-refractivity contribution in [3.05, 3.63) is 0 Å². The first-order valence-electron chi connectivity index (χ1n) is 4.27. The predicted octanol–water partition coefficient (Wildman–Crippen LogP) is 0.911. The summed E-state index contributed by atoms with van der Waals surface area (Å²) in [7, 11) is 1.32. The first kappa shape index (κ1) is 9.32. The number of rotatable bonds is 3. The summed E-state index contributed by atoms with van der Waals surface area (Å²) >= 11 is 0. The van der Waals surface area contributed by atoms with E-state index in [0.29, 0.717) is 12.6 Å². The molecule has 0 spiro atoms. The lowest BCUT2D eigenvalue weighted by Gasteiger charge is -2.08. The lowest BCUT2D eigenvalue weighted by molar-refractivity contribution is 0.0700. The van der Waals surface area contributed by atoms with E-state index in [2.05, 4.69) is 10.1 Å². The van der Waals surface area contributed by atoms with Crippen molar-refractivity contribution in [2.75, 3.05) is 20.3 Å². The topological polar surface area (TPSA) is 47.6 Å². The fourth-order valence-electron chi connectivity index (χ4n) is 1.35. The molecular formula is C8H15NO3. The molecule has 4 heteroatoms. The van der Waals surface area contributed by atoms with Crippen LogP contribution in [0.5, 0.6) is 0 Å². The monoisotopic (exact) mass is 173 g/mol. The number of hydrogen-bond acceptors (Lipinski definition) is 4.